The summed E-state index contributed by atoms with van der Waals surface area (Å²) in [5.41, 5.74) is 1.18. The van der Waals surface area contributed by atoms with E-state index in [2.05, 4.69) is 15.9 Å². The van der Waals surface area contributed by atoms with Crippen molar-refractivity contribution in [1.82, 2.24) is 0 Å². The summed E-state index contributed by atoms with van der Waals surface area (Å²) < 4.78 is 18.0. The standard InChI is InChI=1S/C15H13BrO3S/c1-19-15(17)14-5-3-2-4-11(14)10-20(18)13-8-6-12(16)7-9-13/h2-9H,10H2,1H3. The van der Waals surface area contributed by atoms with Crippen molar-refractivity contribution >= 4 is 32.7 Å². The smallest absolute Gasteiger partial charge is 0.338 e. The van der Waals surface area contributed by atoms with Crippen LogP contribution in [0.2, 0.25) is 0 Å². The van der Waals surface area contributed by atoms with Gasteiger partial charge in [0.15, 0.2) is 0 Å². The van der Waals surface area contributed by atoms with Crippen molar-refractivity contribution < 1.29 is 13.7 Å². The monoisotopic (exact) mass is 352 g/mol. The zero-order chi connectivity index (χ0) is 14.5. The molecule has 3 nitrogen and oxygen atoms in total. The maximum Gasteiger partial charge on any atom is 0.338 e. The Morgan fingerprint density at radius 1 is 1.15 bits per heavy atom. The van der Waals surface area contributed by atoms with E-state index in [1.54, 1.807) is 30.3 Å². The number of hydrogen-bond acceptors (Lipinski definition) is 3. The fourth-order valence-corrected chi connectivity index (χ4v) is 3.17. The van der Waals surface area contributed by atoms with E-state index in [1.165, 1.54) is 7.11 Å². The van der Waals surface area contributed by atoms with Gasteiger partial charge in [0.2, 0.25) is 0 Å². The second-order valence-electron chi connectivity index (χ2n) is 4.09. The van der Waals surface area contributed by atoms with Crippen molar-refractivity contribution in [3.05, 3.63) is 64.1 Å². The Hall–Kier alpha value is -1.46. The van der Waals surface area contributed by atoms with Gasteiger partial charge >= 0.3 is 5.97 Å². The lowest BCUT2D eigenvalue weighted by molar-refractivity contribution is 0.0600. The molecule has 0 fully saturated rings. The van der Waals surface area contributed by atoms with Crippen LogP contribution in [-0.4, -0.2) is 17.3 Å². The Labute approximate surface area is 128 Å². The van der Waals surface area contributed by atoms with Crippen LogP contribution in [0.3, 0.4) is 0 Å². The predicted molar refractivity (Wildman–Crippen MR) is 82.0 cm³/mol. The van der Waals surface area contributed by atoms with Gasteiger partial charge in [-0.2, -0.15) is 0 Å². The average molecular weight is 353 g/mol. The first-order valence-electron chi connectivity index (χ1n) is 5.92. The molecule has 104 valence electrons. The molecule has 0 saturated carbocycles. The van der Waals surface area contributed by atoms with Gasteiger partial charge in [-0.1, -0.05) is 34.1 Å². The number of carbonyl (C=O) groups excluding carboxylic acids is 1. The minimum atomic E-state index is -1.20. The van der Waals surface area contributed by atoms with E-state index in [1.807, 2.05) is 18.2 Å². The van der Waals surface area contributed by atoms with Crippen LogP contribution in [0.5, 0.6) is 0 Å². The highest BCUT2D eigenvalue weighted by Crippen LogP contribution is 2.18. The molecule has 2 aromatic carbocycles. The van der Waals surface area contributed by atoms with Crippen LogP contribution in [0, 0.1) is 0 Å². The molecule has 0 aliphatic heterocycles. The van der Waals surface area contributed by atoms with Crippen molar-refractivity contribution in [3.8, 4) is 0 Å². The van der Waals surface area contributed by atoms with Crippen LogP contribution < -0.4 is 0 Å². The number of ether oxygens (including phenoxy) is 1. The normalized spacial score (nSPS) is 11.9. The fourth-order valence-electron chi connectivity index (χ4n) is 1.77. The molecule has 0 radical (unpaired) electrons. The molecular formula is C15H13BrO3S. The van der Waals surface area contributed by atoms with Crippen LogP contribution in [0.1, 0.15) is 15.9 Å². The van der Waals surface area contributed by atoms with Gasteiger partial charge in [-0.15, -0.1) is 0 Å². The molecule has 1 unspecified atom stereocenters. The SMILES string of the molecule is COC(=O)c1ccccc1CS(=O)c1ccc(Br)cc1. The van der Waals surface area contributed by atoms with Crippen LogP contribution in [-0.2, 0) is 21.3 Å². The van der Waals surface area contributed by atoms with E-state index >= 15 is 0 Å². The van der Waals surface area contributed by atoms with E-state index in [0.29, 0.717) is 5.56 Å². The van der Waals surface area contributed by atoms with Crippen molar-refractivity contribution in [2.45, 2.75) is 10.6 Å². The number of methoxy groups -OCH3 is 1. The van der Waals surface area contributed by atoms with E-state index in [4.69, 9.17) is 4.74 Å². The number of halogens is 1. The molecule has 0 aliphatic carbocycles. The van der Waals surface area contributed by atoms with E-state index < -0.39 is 16.8 Å². The third-order valence-corrected chi connectivity index (χ3v) is 4.69. The summed E-state index contributed by atoms with van der Waals surface area (Å²) in [5.74, 6) is -0.124. The molecule has 0 amide bonds. The van der Waals surface area contributed by atoms with E-state index in [9.17, 15) is 9.00 Å². The summed E-state index contributed by atoms with van der Waals surface area (Å²) >= 11 is 3.34. The highest BCUT2D eigenvalue weighted by Gasteiger charge is 2.14. The molecule has 0 spiro atoms. The Kier molecular flexibility index (Phi) is 5.09. The summed E-state index contributed by atoms with van der Waals surface area (Å²) in [6.45, 7) is 0. The van der Waals surface area contributed by atoms with Crippen molar-refractivity contribution in [2.75, 3.05) is 7.11 Å². The van der Waals surface area contributed by atoms with Crippen LogP contribution >= 0.6 is 15.9 Å². The largest absolute Gasteiger partial charge is 0.465 e. The van der Waals surface area contributed by atoms with Gasteiger partial charge in [0, 0.05) is 9.37 Å². The lowest BCUT2D eigenvalue weighted by Gasteiger charge is -2.08. The summed E-state index contributed by atoms with van der Waals surface area (Å²) in [6.07, 6.45) is 0. The van der Waals surface area contributed by atoms with Crippen molar-refractivity contribution in [1.29, 1.82) is 0 Å². The molecule has 1 atom stereocenters. The number of carbonyl (C=O) groups is 1. The van der Waals surface area contributed by atoms with Gasteiger partial charge in [-0.25, -0.2) is 4.79 Å². The zero-order valence-electron chi connectivity index (χ0n) is 10.8. The Morgan fingerprint density at radius 3 is 2.45 bits per heavy atom. The van der Waals surface area contributed by atoms with Gasteiger partial charge in [0.1, 0.15) is 0 Å². The quantitative estimate of drug-likeness (QED) is 0.790. The molecule has 0 aliphatic rings. The molecule has 0 saturated heterocycles. The van der Waals surface area contributed by atoms with Gasteiger partial charge in [0.25, 0.3) is 0 Å². The molecular weight excluding hydrogens is 340 g/mol. The molecule has 5 heteroatoms. The average Bonchev–Trinajstić information content (AvgIpc) is 2.47. The summed E-state index contributed by atoms with van der Waals surface area (Å²) in [4.78, 5) is 12.4. The van der Waals surface area contributed by atoms with Gasteiger partial charge in [0.05, 0.1) is 29.2 Å². The second kappa shape index (κ2) is 6.81. The lowest BCUT2D eigenvalue weighted by atomic mass is 10.1. The molecule has 0 heterocycles. The third kappa shape index (κ3) is 3.55. The molecule has 2 rings (SSSR count). The lowest BCUT2D eigenvalue weighted by Crippen LogP contribution is -2.07. The fraction of sp³-hybridized carbons (Fsp3) is 0.133. The first-order chi connectivity index (χ1) is 9.61. The third-order valence-electron chi connectivity index (χ3n) is 2.79. The zero-order valence-corrected chi connectivity index (χ0v) is 13.2. The Balaban J connectivity index is 2.24. The summed E-state index contributed by atoms with van der Waals surface area (Å²) in [6, 6.07) is 14.4. The van der Waals surface area contributed by atoms with E-state index in [0.717, 1.165) is 14.9 Å². The van der Waals surface area contributed by atoms with Crippen molar-refractivity contribution in [3.63, 3.8) is 0 Å². The number of hydrogen-bond donors (Lipinski definition) is 0. The predicted octanol–water partition coefficient (Wildman–Crippen LogP) is 3.54. The highest BCUT2D eigenvalue weighted by atomic mass is 79.9. The topological polar surface area (TPSA) is 43.4 Å². The summed E-state index contributed by atoms with van der Waals surface area (Å²) in [5, 5.41) is 0. The minimum absolute atomic E-state index is 0.285. The van der Waals surface area contributed by atoms with Gasteiger partial charge < -0.3 is 4.74 Å². The molecule has 2 aromatic rings. The molecule has 0 N–H and O–H groups in total. The summed E-state index contributed by atoms with van der Waals surface area (Å²) in [7, 11) is 0.138. The molecule has 0 aromatic heterocycles. The second-order valence-corrected chi connectivity index (χ2v) is 6.46. The number of benzene rings is 2. The first-order valence-corrected chi connectivity index (χ1v) is 8.03. The van der Waals surface area contributed by atoms with Crippen LogP contribution in [0.15, 0.2) is 57.9 Å². The van der Waals surface area contributed by atoms with Crippen LogP contribution in [0.25, 0.3) is 0 Å². The first kappa shape index (κ1) is 14.9. The Bertz CT molecular complexity index is 638. The molecule has 0 bridgehead atoms. The molecule has 20 heavy (non-hydrogen) atoms. The highest BCUT2D eigenvalue weighted by molar-refractivity contribution is 9.10. The maximum absolute atomic E-state index is 12.3. The number of esters is 1. The van der Waals surface area contributed by atoms with Crippen molar-refractivity contribution in [2.24, 2.45) is 0 Å². The van der Waals surface area contributed by atoms with E-state index in [-0.39, 0.29) is 5.75 Å². The Morgan fingerprint density at radius 2 is 1.80 bits per heavy atom. The number of rotatable bonds is 4. The van der Waals surface area contributed by atoms with Gasteiger partial charge in [-0.05, 0) is 35.9 Å². The van der Waals surface area contributed by atoms with Crippen LogP contribution in [0.4, 0.5) is 0 Å². The maximum atomic E-state index is 12.3. The van der Waals surface area contributed by atoms with Gasteiger partial charge in [-0.3, -0.25) is 4.21 Å². The minimum Gasteiger partial charge on any atom is -0.465 e.